The number of aryl methyl sites for hydroxylation is 1. The Bertz CT molecular complexity index is 1770. The van der Waals surface area contributed by atoms with Crippen LogP contribution in [0, 0.1) is 6.92 Å². The van der Waals surface area contributed by atoms with Crippen molar-refractivity contribution in [2.45, 2.75) is 52.3 Å². The predicted molar refractivity (Wildman–Crippen MR) is 173 cm³/mol. The first kappa shape index (κ1) is 32.7. The Hall–Kier alpha value is -4.65. The van der Waals surface area contributed by atoms with Crippen LogP contribution in [0.3, 0.4) is 0 Å². The number of hydrogen-bond acceptors (Lipinski definition) is 6. The third-order valence-corrected chi connectivity index (χ3v) is 8.37. The summed E-state index contributed by atoms with van der Waals surface area (Å²) in [5, 5.41) is 7.70. The average molecular weight is 651 g/mol. The van der Waals surface area contributed by atoms with Gasteiger partial charge in [0.15, 0.2) is 11.0 Å². The summed E-state index contributed by atoms with van der Waals surface area (Å²) in [6, 6.07) is 18.4. The van der Waals surface area contributed by atoms with Crippen LogP contribution in [0.15, 0.2) is 78.0 Å². The Morgan fingerprint density at radius 2 is 1.76 bits per heavy atom. The number of hydrogen-bond donors (Lipinski definition) is 1. The van der Waals surface area contributed by atoms with Gasteiger partial charge in [-0.25, -0.2) is 14.5 Å². The number of aromatic nitrogens is 3. The van der Waals surface area contributed by atoms with Gasteiger partial charge in [0.25, 0.3) is 0 Å². The standard InChI is InChI=1S/C33H33F3N6O3S/c1-20(2)26-15-6-21(3)16-27(26)42-28(43)17-46-31(42)39-30(44)37-18-32(4,5)23-9-7-22(8-10-23)29-38-19-41(40-29)24-11-13-25(14-12-24)45-33(34,35)36/h6-16,19-20H,17-18H2,1-5H3,(H,37,44)/b39-31-. The van der Waals surface area contributed by atoms with Crippen LogP contribution < -0.4 is 15.0 Å². The average Bonchev–Trinajstić information content (AvgIpc) is 3.63. The molecule has 0 saturated carbocycles. The lowest BCUT2D eigenvalue weighted by Crippen LogP contribution is -2.37. The second-order valence-electron chi connectivity index (χ2n) is 11.8. The van der Waals surface area contributed by atoms with Crippen molar-refractivity contribution in [3.63, 3.8) is 0 Å². The molecule has 1 fully saturated rings. The third-order valence-electron chi connectivity index (χ3n) is 7.44. The highest BCUT2D eigenvalue weighted by atomic mass is 32.2. The molecule has 0 aliphatic carbocycles. The number of nitrogens with one attached hydrogen (secondary N) is 1. The van der Waals surface area contributed by atoms with E-state index in [1.807, 2.05) is 63.2 Å². The maximum atomic E-state index is 13.0. The molecular weight excluding hydrogens is 617 g/mol. The molecule has 1 N–H and O–H groups in total. The first-order valence-electron chi connectivity index (χ1n) is 14.5. The van der Waals surface area contributed by atoms with Crippen molar-refractivity contribution in [2.75, 3.05) is 17.2 Å². The molecule has 1 aliphatic rings. The van der Waals surface area contributed by atoms with Crippen LogP contribution in [-0.2, 0) is 10.2 Å². The van der Waals surface area contributed by atoms with Crippen LogP contribution in [0.2, 0.25) is 0 Å². The van der Waals surface area contributed by atoms with Crippen LogP contribution in [-0.4, -0.2) is 50.5 Å². The number of carbonyl (C=O) groups is 2. The first-order chi connectivity index (χ1) is 21.7. The van der Waals surface area contributed by atoms with E-state index in [1.54, 1.807) is 4.90 Å². The number of ether oxygens (including phenoxy) is 1. The summed E-state index contributed by atoms with van der Waals surface area (Å²) in [4.78, 5) is 36.0. The smallest absolute Gasteiger partial charge is 0.406 e. The molecule has 2 heterocycles. The number of urea groups is 1. The number of alkyl halides is 3. The fourth-order valence-electron chi connectivity index (χ4n) is 4.93. The van der Waals surface area contributed by atoms with Crippen LogP contribution in [0.4, 0.5) is 23.7 Å². The van der Waals surface area contributed by atoms with E-state index < -0.39 is 17.8 Å². The number of nitrogens with zero attached hydrogens (tertiary/aromatic N) is 5. The Labute approximate surface area is 268 Å². The van der Waals surface area contributed by atoms with Gasteiger partial charge in [0.2, 0.25) is 5.91 Å². The van der Waals surface area contributed by atoms with E-state index in [0.717, 1.165) is 27.9 Å². The SMILES string of the molecule is Cc1ccc(C(C)C)c(N2C(=O)CS/C2=N\C(=O)NCC(C)(C)c2ccc(-c3ncn(-c4ccc(OC(F)(F)F)cc4)n3)cc2)c1. The fourth-order valence-corrected chi connectivity index (χ4v) is 5.79. The number of anilines is 1. The fraction of sp³-hybridized carbons (Fsp3) is 0.303. The number of thioether (sulfide) groups is 1. The van der Waals surface area contributed by atoms with Crippen molar-refractivity contribution in [1.29, 1.82) is 0 Å². The van der Waals surface area contributed by atoms with Crippen LogP contribution >= 0.6 is 11.8 Å². The van der Waals surface area contributed by atoms with E-state index in [0.29, 0.717) is 23.2 Å². The molecule has 0 radical (unpaired) electrons. The van der Waals surface area contributed by atoms with Gasteiger partial charge < -0.3 is 10.1 Å². The third kappa shape index (κ3) is 7.58. The monoisotopic (exact) mass is 650 g/mol. The topological polar surface area (TPSA) is 102 Å². The summed E-state index contributed by atoms with van der Waals surface area (Å²) in [6.07, 6.45) is -3.29. The Balaban J connectivity index is 1.24. The molecule has 240 valence electrons. The highest BCUT2D eigenvalue weighted by Gasteiger charge is 2.33. The van der Waals surface area contributed by atoms with E-state index >= 15 is 0 Å². The quantitative estimate of drug-likeness (QED) is 0.214. The molecule has 46 heavy (non-hydrogen) atoms. The van der Waals surface area contributed by atoms with E-state index in [9.17, 15) is 22.8 Å². The molecular formula is C33H33F3N6O3S. The van der Waals surface area contributed by atoms with Crippen LogP contribution in [0.1, 0.15) is 50.3 Å². The number of halogens is 3. The number of benzene rings is 3. The van der Waals surface area contributed by atoms with E-state index in [2.05, 4.69) is 39.0 Å². The minimum absolute atomic E-state index is 0.114. The summed E-state index contributed by atoms with van der Waals surface area (Å²) < 4.78 is 42.7. The number of amidine groups is 1. The summed E-state index contributed by atoms with van der Waals surface area (Å²) in [6.45, 7) is 10.4. The summed E-state index contributed by atoms with van der Waals surface area (Å²) >= 11 is 1.25. The maximum Gasteiger partial charge on any atom is 0.573 e. The Morgan fingerprint density at radius 3 is 2.41 bits per heavy atom. The van der Waals surface area contributed by atoms with Gasteiger partial charge in [0.05, 0.1) is 17.1 Å². The minimum Gasteiger partial charge on any atom is -0.406 e. The van der Waals surface area contributed by atoms with Crippen molar-refractivity contribution in [3.05, 3.63) is 89.7 Å². The molecule has 1 aromatic heterocycles. The molecule has 0 bridgehead atoms. The summed E-state index contributed by atoms with van der Waals surface area (Å²) in [7, 11) is 0. The zero-order chi connectivity index (χ0) is 33.2. The highest BCUT2D eigenvalue weighted by molar-refractivity contribution is 8.15. The van der Waals surface area contributed by atoms with Gasteiger partial charge in [0, 0.05) is 17.5 Å². The van der Waals surface area contributed by atoms with Crippen molar-refractivity contribution < 1.29 is 27.5 Å². The molecule has 5 rings (SSSR count). The highest BCUT2D eigenvalue weighted by Crippen LogP contribution is 2.34. The molecule has 3 amide bonds. The molecule has 1 aliphatic heterocycles. The second kappa shape index (κ2) is 13.0. The summed E-state index contributed by atoms with van der Waals surface area (Å²) in [5.41, 5.74) is 4.54. The van der Waals surface area contributed by atoms with E-state index in [4.69, 9.17) is 0 Å². The second-order valence-corrected chi connectivity index (χ2v) is 12.7. The number of rotatable bonds is 8. The van der Waals surface area contributed by atoms with E-state index in [1.165, 1.54) is 47.0 Å². The zero-order valence-corrected chi connectivity index (χ0v) is 26.7. The molecule has 3 aromatic carbocycles. The molecule has 9 nitrogen and oxygen atoms in total. The Morgan fingerprint density at radius 1 is 1.07 bits per heavy atom. The largest absolute Gasteiger partial charge is 0.573 e. The predicted octanol–water partition coefficient (Wildman–Crippen LogP) is 7.39. The lowest BCUT2D eigenvalue weighted by atomic mass is 9.84. The zero-order valence-electron chi connectivity index (χ0n) is 25.9. The number of aliphatic imine (C=N–C) groups is 1. The van der Waals surface area contributed by atoms with Crippen molar-refractivity contribution >= 4 is 34.6 Å². The van der Waals surface area contributed by atoms with Gasteiger partial charge in [-0.15, -0.1) is 18.3 Å². The van der Waals surface area contributed by atoms with Gasteiger partial charge in [-0.1, -0.05) is 75.9 Å². The van der Waals surface area contributed by atoms with Gasteiger partial charge in [-0.2, -0.15) is 4.99 Å². The maximum absolute atomic E-state index is 13.0. The molecule has 0 atom stereocenters. The Kier molecular flexibility index (Phi) is 9.24. The van der Waals surface area contributed by atoms with Crippen LogP contribution in [0.5, 0.6) is 5.75 Å². The molecule has 0 spiro atoms. The van der Waals surface area contributed by atoms with Crippen molar-refractivity contribution in [2.24, 2.45) is 4.99 Å². The lowest BCUT2D eigenvalue weighted by molar-refractivity contribution is -0.274. The molecule has 13 heteroatoms. The van der Waals surface area contributed by atoms with Gasteiger partial charge in [-0.05, 0) is 59.9 Å². The molecule has 0 unspecified atom stereocenters. The number of amides is 3. The van der Waals surface area contributed by atoms with Gasteiger partial charge >= 0.3 is 12.4 Å². The van der Waals surface area contributed by atoms with Gasteiger partial charge in [-0.3, -0.25) is 9.69 Å². The first-order valence-corrected chi connectivity index (χ1v) is 15.5. The van der Waals surface area contributed by atoms with Gasteiger partial charge in [0.1, 0.15) is 12.1 Å². The summed E-state index contributed by atoms with van der Waals surface area (Å²) in [5.74, 6) is 0.399. The molecule has 1 saturated heterocycles. The van der Waals surface area contributed by atoms with E-state index in [-0.39, 0.29) is 23.3 Å². The molecule has 4 aromatic rings. The minimum atomic E-state index is -4.76. The van der Waals surface area contributed by atoms with Crippen molar-refractivity contribution in [1.82, 2.24) is 20.1 Å². The number of carbonyl (C=O) groups excluding carboxylic acids is 2. The van der Waals surface area contributed by atoms with Crippen molar-refractivity contribution in [3.8, 4) is 22.8 Å². The lowest BCUT2D eigenvalue weighted by Gasteiger charge is -2.25. The van der Waals surface area contributed by atoms with Crippen LogP contribution in [0.25, 0.3) is 17.1 Å². The normalized spacial score (nSPS) is 14.8.